The van der Waals surface area contributed by atoms with Gasteiger partial charge in [-0.15, -0.1) is 0 Å². The molecule has 0 radical (unpaired) electrons. The Morgan fingerprint density at radius 2 is 2.37 bits per heavy atom. The van der Waals surface area contributed by atoms with Gasteiger partial charge in [0.2, 0.25) is 0 Å². The first kappa shape index (κ1) is 12.3. The molecule has 0 atom stereocenters. The van der Waals surface area contributed by atoms with Crippen LogP contribution < -0.4 is 5.32 Å². The Balaban J connectivity index is 1.57. The van der Waals surface area contributed by atoms with E-state index in [1.807, 2.05) is 12.1 Å². The lowest BCUT2D eigenvalue weighted by Crippen LogP contribution is -2.58. The van der Waals surface area contributed by atoms with Gasteiger partial charge in [-0.25, -0.2) is 0 Å². The van der Waals surface area contributed by atoms with Gasteiger partial charge in [0, 0.05) is 31.9 Å². The van der Waals surface area contributed by atoms with Gasteiger partial charge in [-0.05, 0) is 18.6 Å². The zero-order chi connectivity index (χ0) is 13.1. The van der Waals surface area contributed by atoms with Crippen LogP contribution in [-0.2, 0) is 17.8 Å². The first-order valence-corrected chi connectivity index (χ1v) is 6.29. The van der Waals surface area contributed by atoms with E-state index in [2.05, 4.69) is 27.4 Å². The van der Waals surface area contributed by atoms with Crippen molar-refractivity contribution >= 4 is 0 Å². The second-order valence-electron chi connectivity index (χ2n) is 4.98. The highest BCUT2D eigenvalue weighted by Gasteiger charge is 2.32. The minimum absolute atomic E-state index is 0.0992. The quantitative estimate of drug-likeness (QED) is 0.862. The van der Waals surface area contributed by atoms with Crippen LogP contribution in [0.25, 0.3) is 0 Å². The number of nitrogens with zero attached hydrogens (tertiary/aromatic N) is 3. The monoisotopic (exact) mass is 260 g/mol. The molecule has 1 fully saturated rings. The van der Waals surface area contributed by atoms with Gasteiger partial charge >= 0.3 is 0 Å². The SMILES string of the molecule is CC1(OCc2nc(Cc3cccnc3)no2)CNC1. The molecule has 1 aliphatic heterocycles. The molecule has 6 heteroatoms. The van der Waals surface area contributed by atoms with Crippen molar-refractivity contribution in [3.63, 3.8) is 0 Å². The maximum atomic E-state index is 5.74. The minimum atomic E-state index is -0.0992. The van der Waals surface area contributed by atoms with E-state index < -0.39 is 0 Å². The van der Waals surface area contributed by atoms with Crippen LogP contribution in [0.1, 0.15) is 24.2 Å². The van der Waals surface area contributed by atoms with E-state index in [-0.39, 0.29) is 5.60 Å². The largest absolute Gasteiger partial charge is 0.363 e. The fourth-order valence-corrected chi connectivity index (χ4v) is 1.92. The van der Waals surface area contributed by atoms with Gasteiger partial charge in [0.25, 0.3) is 5.89 Å². The van der Waals surface area contributed by atoms with Gasteiger partial charge in [0.05, 0.1) is 5.60 Å². The summed E-state index contributed by atoms with van der Waals surface area (Å²) in [5, 5.41) is 7.12. The minimum Gasteiger partial charge on any atom is -0.363 e. The molecule has 1 N–H and O–H groups in total. The smallest absolute Gasteiger partial charge is 0.252 e. The molecule has 1 saturated heterocycles. The molecule has 6 nitrogen and oxygen atoms in total. The number of ether oxygens (including phenoxy) is 1. The Morgan fingerprint density at radius 1 is 1.47 bits per heavy atom. The standard InChI is InChI=1S/C13H16N4O2/c1-13(8-15-9-13)18-7-12-16-11(17-19-12)5-10-3-2-4-14-6-10/h2-4,6,15H,5,7-9H2,1H3. The van der Waals surface area contributed by atoms with Crippen molar-refractivity contribution in [1.29, 1.82) is 0 Å². The molecule has 2 aromatic rings. The van der Waals surface area contributed by atoms with Crippen LogP contribution in [0.4, 0.5) is 0 Å². The molecule has 19 heavy (non-hydrogen) atoms. The lowest BCUT2D eigenvalue weighted by atomic mass is 10.0. The lowest BCUT2D eigenvalue weighted by Gasteiger charge is -2.38. The zero-order valence-corrected chi connectivity index (χ0v) is 10.8. The van der Waals surface area contributed by atoms with Crippen molar-refractivity contribution in [1.82, 2.24) is 20.4 Å². The van der Waals surface area contributed by atoms with Gasteiger partial charge in [0.1, 0.15) is 6.61 Å². The predicted octanol–water partition coefficient (Wildman–Crippen LogP) is 0.934. The third-order valence-corrected chi connectivity index (χ3v) is 3.14. The Hall–Kier alpha value is -1.79. The molecule has 100 valence electrons. The van der Waals surface area contributed by atoms with E-state index in [1.165, 1.54) is 0 Å². The summed E-state index contributed by atoms with van der Waals surface area (Å²) in [5.41, 5.74) is 0.962. The zero-order valence-electron chi connectivity index (χ0n) is 10.8. The van der Waals surface area contributed by atoms with E-state index >= 15 is 0 Å². The molecular weight excluding hydrogens is 244 g/mol. The van der Waals surface area contributed by atoms with Gasteiger partial charge < -0.3 is 14.6 Å². The van der Waals surface area contributed by atoms with Crippen molar-refractivity contribution in [3.05, 3.63) is 41.8 Å². The molecule has 0 aromatic carbocycles. The second-order valence-corrected chi connectivity index (χ2v) is 4.98. The van der Waals surface area contributed by atoms with Crippen molar-refractivity contribution in [3.8, 4) is 0 Å². The molecule has 1 aliphatic rings. The molecule has 0 bridgehead atoms. The summed E-state index contributed by atoms with van der Waals surface area (Å²) in [4.78, 5) is 8.37. The van der Waals surface area contributed by atoms with Gasteiger partial charge in [-0.3, -0.25) is 4.98 Å². The first-order chi connectivity index (χ1) is 9.23. The topological polar surface area (TPSA) is 73.1 Å². The molecule has 0 amide bonds. The van der Waals surface area contributed by atoms with Crippen molar-refractivity contribution < 1.29 is 9.26 Å². The fourth-order valence-electron chi connectivity index (χ4n) is 1.92. The number of pyridine rings is 1. The summed E-state index contributed by atoms with van der Waals surface area (Å²) in [7, 11) is 0. The van der Waals surface area contributed by atoms with Crippen LogP contribution in [0.2, 0.25) is 0 Å². The highest BCUT2D eigenvalue weighted by molar-refractivity contribution is 5.13. The normalized spacial score (nSPS) is 17.1. The van der Waals surface area contributed by atoms with Crippen LogP contribution in [0.15, 0.2) is 29.0 Å². The van der Waals surface area contributed by atoms with Crippen molar-refractivity contribution in [2.75, 3.05) is 13.1 Å². The maximum absolute atomic E-state index is 5.74. The highest BCUT2D eigenvalue weighted by atomic mass is 16.5. The Kier molecular flexibility index (Phi) is 3.27. The molecule has 0 spiro atoms. The number of aromatic nitrogens is 3. The lowest BCUT2D eigenvalue weighted by molar-refractivity contribution is -0.0841. The molecule has 3 heterocycles. The van der Waals surface area contributed by atoms with E-state index in [0.717, 1.165) is 18.7 Å². The van der Waals surface area contributed by atoms with Crippen LogP contribution in [0.5, 0.6) is 0 Å². The first-order valence-electron chi connectivity index (χ1n) is 6.29. The second kappa shape index (κ2) is 5.07. The third kappa shape index (κ3) is 2.97. The summed E-state index contributed by atoms with van der Waals surface area (Å²) < 4.78 is 10.9. The summed E-state index contributed by atoms with van der Waals surface area (Å²) in [6.45, 7) is 4.15. The number of rotatable bonds is 5. The Labute approximate surface area is 111 Å². The summed E-state index contributed by atoms with van der Waals surface area (Å²) in [5.74, 6) is 1.18. The van der Waals surface area contributed by atoms with Crippen LogP contribution in [0, 0.1) is 0 Å². The summed E-state index contributed by atoms with van der Waals surface area (Å²) in [6, 6.07) is 3.88. The predicted molar refractivity (Wildman–Crippen MR) is 67.4 cm³/mol. The van der Waals surface area contributed by atoms with E-state index in [4.69, 9.17) is 9.26 Å². The Morgan fingerprint density at radius 3 is 3.05 bits per heavy atom. The molecule has 3 rings (SSSR count). The van der Waals surface area contributed by atoms with Crippen LogP contribution >= 0.6 is 0 Å². The third-order valence-electron chi connectivity index (χ3n) is 3.14. The Bertz CT molecular complexity index is 537. The van der Waals surface area contributed by atoms with Crippen molar-refractivity contribution in [2.24, 2.45) is 0 Å². The molecule has 0 saturated carbocycles. The van der Waals surface area contributed by atoms with Crippen molar-refractivity contribution in [2.45, 2.75) is 25.6 Å². The van der Waals surface area contributed by atoms with Crippen LogP contribution in [-0.4, -0.2) is 33.8 Å². The van der Waals surface area contributed by atoms with E-state index in [9.17, 15) is 0 Å². The summed E-state index contributed by atoms with van der Waals surface area (Å²) >= 11 is 0. The summed E-state index contributed by atoms with van der Waals surface area (Å²) in [6.07, 6.45) is 4.16. The van der Waals surface area contributed by atoms with Gasteiger partial charge in [-0.1, -0.05) is 11.2 Å². The number of nitrogens with one attached hydrogen (secondary N) is 1. The average Bonchev–Trinajstić information content (AvgIpc) is 2.83. The fraction of sp³-hybridized carbons (Fsp3) is 0.462. The van der Waals surface area contributed by atoms with E-state index in [0.29, 0.717) is 24.7 Å². The molecule has 2 aromatic heterocycles. The molecule has 0 unspecified atom stereocenters. The van der Waals surface area contributed by atoms with E-state index in [1.54, 1.807) is 12.4 Å². The number of hydrogen-bond donors (Lipinski definition) is 1. The maximum Gasteiger partial charge on any atom is 0.252 e. The highest BCUT2D eigenvalue weighted by Crippen LogP contribution is 2.17. The molecule has 0 aliphatic carbocycles. The number of hydrogen-bond acceptors (Lipinski definition) is 6. The van der Waals surface area contributed by atoms with Gasteiger partial charge in [-0.2, -0.15) is 4.98 Å². The van der Waals surface area contributed by atoms with Crippen LogP contribution in [0.3, 0.4) is 0 Å². The molecular formula is C13H16N4O2. The average molecular weight is 260 g/mol. The van der Waals surface area contributed by atoms with Gasteiger partial charge in [0.15, 0.2) is 5.82 Å².